The van der Waals surface area contributed by atoms with E-state index < -0.39 is 6.04 Å². The first kappa shape index (κ1) is 6.84. The summed E-state index contributed by atoms with van der Waals surface area (Å²) in [6.07, 6.45) is 3.91. The topological polar surface area (TPSA) is 80.7 Å². The van der Waals surface area contributed by atoms with Crippen LogP contribution in [0.3, 0.4) is 0 Å². The number of aliphatic imine (C=N–C) groups is 2. The number of hydrogen-bond acceptors (Lipinski definition) is 5. The number of rotatable bonds is 1. The predicted molar refractivity (Wildman–Crippen MR) is 39.0 cm³/mol. The lowest BCUT2D eigenvalue weighted by molar-refractivity contribution is -0.119. The highest BCUT2D eigenvalue weighted by atomic mass is 16.5. The lowest BCUT2D eigenvalue weighted by Gasteiger charge is -2.04. The normalized spacial score (nSPS) is 21.7. The van der Waals surface area contributed by atoms with Gasteiger partial charge >= 0.3 is 0 Å². The van der Waals surface area contributed by atoms with Crippen LogP contribution >= 0.6 is 0 Å². The highest BCUT2D eigenvalue weighted by Gasteiger charge is 2.23. The molecule has 6 nitrogen and oxygen atoms in total. The van der Waals surface area contributed by atoms with E-state index in [2.05, 4.69) is 24.6 Å². The quantitative estimate of drug-likeness (QED) is 0.575. The van der Waals surface area contributed by atoms with Crippen molar-refractivity contribution < 1.29 is 9.32 Å². The Morgan fingerprint density at radius 1 is 1.42 bits per heavy atom. The predicted octanol–water partition coefficient (Wildman–Crippen LogP) is -0.208. The van der Waals surface area contributed by atoms with Crippen LogP contribution in [0.5, 0.6) is 0 Å². The molecule has 0 saturated heterocycles. The first-order valence-electron chi connectivity index (χ1n) is 3.24. The Hall–Kier alpha value is -1.85. The van der Waals surface area contributed by atoms with Crippen LogP contribution in [0.15, 0.2) is 20.9 Å². The van der Waals surface area contributed by atoms with E-state index in [0.717, 1.165) is 6.39 Å². The van der Waals surface area contributed by atoms with Crippen molar-refractivity contribution in [2.45, 2.75) is 6.04 Å². The molecule has 0 spiro atoms. The van der Waals surface area contributed by atoms with E-state index in [1.165, 1.54) is 12.4 Å². The molecule has 1 unspecified atom stereocenters. The molecule has 1 aromatic rings. The zero-order chi connectivity index (χ0) is 8.39. The Morgan fingerprint density at radius 3 is 3.00 bits per heavy atom. The smallest absolute Gasteiger partial charge is 0.278 e. The van der Waals surface area contributed by atoms with Crippen molar-refractivity contribution >= 4 is 18.3 Å². The average molecular weight is 164 g/mol. The summed E-state index contributed by atoms with van der Waals surface area (Å²) in [5.74, 6) is -0.132. The summed E-state index contributed by atoms with van der Waals surface area (Å²) >= 11 is 0. The van der Waals surface area contributed by atoms with Crippen LogP contribution in [-0.2, 0) is 4.79 Å². The molecule has 6 heteroatoms. The van der Waals surface area contributed by atoms with E-state index in [1.807, 2.05) is 0 Å². The maximum Gasteiger partial charge on any atom is 0.278 e. The van der Waals surface area contributed by atoms with Crippen LogP contribution in [0.2, 0.25) is 0 Å². The van der Waals surface area contributed by atoms with E-state index in [4.69, 9.17) is 0 Å². The summed E-state index contributed by atoms with van der Waals surface area (Å²) < 4.78 is 4.48. The summed E-state index contributed by atoms with van der Waals surface area (Å²) in [5.41, 5.74) is 0. The fourth-order valence-corrected chi connectivity index (χ4v) is 0.842. The van der Waals surface area contributed by atoms with Gasteiger partial charge in [-0.25, -0.2) is 4.99 Å². The number of carbonyl (C=O) groups is 1. The molecule has 60 valence electrons. The van der Waals surface area contributed by atoms with Crippen LogP contribution in [0.4, 0.5) is 0 Å². The second-order valence-electron chi connectivity index (χ2n) is 2.11. The molecular formula is C6H4N4O2. The molecule has 2 heterocycles. The Bertz CT molecular complexity index is 340. The van der Waals surface area contributed by atoms with Gasteiger partial charge in [-0.05, 0) is 0 Å². The number of nitrogens with zero attached hydrogens (tertiary/aromatic N) is 4. The van der Waals surface area contributed by atoms with Gasteiger partial charge in [-0.15, -0.1) is 0 Å². The molecule has 12 heavy (non-hydrogen) atoms. The summed E-state index contributed by atoms with van der Waals surface area (Å²) in [6.45, 7) is 0. The number of aromatic nitrogens is 2. The molecule has 1 aliphatic rings. The van der Waals surface area contributed by atoms with Gasteiger partial charge in [0.05, 0.1) is 0 Å². The Balaban J connectivity index is 2.31. The molecule has 1 atom stereocenters. The third-order valence-electron chi connectivity index (χ3n) is 1.36. The molecule has 2 rings (SSSR count). The number of amides is 1. The second kappa shape index (κ2) is 2.65. The average Bonchev–Trinajstić information content (AvgIpc) is 2.57. The van der Waals surface area contributed by atoms with Crippen molar-refractivity contribution in [3.8, 4) is 0 Å². The van der Waals surface area contributed by atoms with E-state index in [-0.39, 0.29) is 11.7 Å². The molecule has 0 aliphatic carbocycles. The zero-order valence-electron chi connectivity index (χ0n) is 5.91. The van der Waals surface area contributed by atoms with E-state index >= 15 is 0 Å². The minimum Gasteiger partial charge on any atom is -0.343 e. The van der Waals surface area contributed by atoms with Crippen molar-refractivity contribution in [1.29, 1.82) is 0 Å². The second-order valence-corrected chi connectivity index (χ2v) is 2.11. The molecule has 0 saturated carbocycles. The van der Waals surface area contributed by atoms with Crippen LogP contribution in [0.1, 0.15) is 11.9 Å². The fraction of sp³-hybridized carbons (Fsp3) is 0.167. The highest BCUT2D eigenvalue weighted by Crippen LogP contribution is 2.15. The molecule has 1 aliphatic heterocycles. The monoisotopic (exact) mass is 164 g/mol. The SMILES string of the molecule is O=C1N=CC=NC1c1ncon1. The van der Waals surface area contributed by atoms with E-state index in [1.54, 1.807) is 0 Å². The lowest BCUT2D eigenvalue weighted by Crippen LogP contribution is -2.13. The number of carbonyl (C=O) groups excluding carboxylic acids is 1. The zero-order valence-corrected chi connectivity index (χ0v) is 5.91. The summed E-state index contributed by atoms with van der Waals surface area (Å²) in [4.78, 5) is 22.1. The minimum absolute atomic E-state index is 0.244. The third-order valence-corrected chi connectivity index (χ3v) is 1.36. The van der Waals surface area contributed by atoms with Crippen LogP contribution in [-0.4, -0.2) is 28.5 Å². The van der Waals surface area contributed by atoms with Gasteiger partial charge in [-0.2, -0.15) is 4.98 Å². The van der Waals surface area contributed by atoms with Gasteiger partial charge < -0.3 is 4.52 Å². The Morgan fingerprint density at radius 2 is 2.33 bits per heavy atom. The van der Waals surface area contributed by atoms with Gasteiger partial charge in [-0.3, -0.25) is 9.79 Å². The van der Waals surface area contributed by atoms with Gasteiger partial charge in [0, 0.05) is 12.4 Å². The van der Waals surface area contributed by atoms with Gasteiger partial charge in [0.15, 0.2) is 6.04 Å². The minimum atomic E-state index is -0.728. The van der Waals surface area contributed by atoms with Crippen LogP contribution < -0.4 is 0 Å². The van der Waals surface area contributed by atoms with Crippen molar-refractivity contribution in [2.75, 3.05) is 0 Å². The van der Waals surface area contributed by atoms with Gasteiger partial charge in [-0.1, -0.05) is 5.16 Å². The van der Waals surface area contributed by atoms with Gasteiger partial charge in [0.25, 0.3) is 5.91 Å². The summed E-state index contributed by atoms with van der Waals surface area (Å²) in [7, 11) is 0. The lowest BCUT2D eigenvalue weighted by atomic mass is 10.2. The van der Waals surface area contributed by atoms with Gasteiger partial charge in [0.1, 0.15) is 0 Å². The third kappa shape index (κ3) is 1.03. The summed E-state index contributed by atoms with van der Waals surface area (Å²) in [6, 6.07) is -0.728. The largest absolute Gasteiger partial charge is 0.343 e. The molecule has 1 aromatic heterocycles. The van der Waals surface area contributed by atoms with Crippen molar-refractivity contribution in [1.82, 2.24) is 10.1 Å². The van der Waals surface area contributed by atoms with Crippen LogP contribution in [0, 0.1) is 0 Å². The van der Waals surface area contributed by atoms with E-state index in [9.17, 15) is 4.79 Å². The van der Waals surface area contributed by atoms with Crippen molar-refractivity contribution in [3.05, 3.63) is 12.2 Å². The molecule has 0 radical (unpaired) electrons. The molecule has 0 bridgehead atoms. The fourth-order valence-electron chi connectivity index (χ4n) is 0.842. The maximum absolute atomic E-state index is 11.1. The molecule has 0 N–H and O–H groups in total. The van der Waals surface area contributed by atoms with E-state index in [0.29, 0.717) is 0 Å². The van der Waals surface area contributed by atoms with Crippen molar-refractivity contribution in [3.63, 3.8) is 0 Å². The molecule has 0 fully saturated rings. The standard InChI is InChI=1S/C6H4N4O2/c11-6-4(7-1-2-8-6)5-9-3-12-10-5/h1-4H. The maximum atomic E-state index is 11.1. The Labute approximate surface area is 67.0 Å². The molecular weight excluding hydrogens is 160 g/mol. The van der Waals surface area contributed by atoms with Crippen LogP contribution in [0.25, 0.3) is 0 Å². The Kier molecular flexibility index (Phi) is 1.51. The molecule has 0 aromatic carbocycles. The first-order chi connectivity index (χ1) is 5.88. The number of hydrogen-bond donors (Lipinski definition) is 0. The van der Waals surface area contributed by atoms with Gasteiger partial charge in [0.2, 0.25) is 12.2 Å². The first-order valence-corrected chi connectivity index (χ1v) is 3.24. The van der Waals surface area contributed by atoms with Crippen molar-refractivity contribution in [2.24, 2.45) is 9.98 Å². The molecule has 1 amide bonds. The highest BCUT2D eigenvalue weighted by molar-refractivity contribution is 6.21. The summed E-state index contributed by atoms with van der Waals surface area (Å²) in [5, 5.41) is 3.50.